The fourth-order valence-electron chi connectivity index (χ4n) is 4.55. The highest BCUT2D eigenvalue weighted by atomic mass is 19.1. The maximum atomic E-state index is 13.6. The zero-order valence-electron chi connectivity index (χ0n) is 18.4. The molecule has 164 valence electrons. The topological polar surface area (TPSA) is 58.4 Å². The molecule has 4 heterocycles. The number of pyridine rings is 1. The highest BCUT2D eigenvalue weighted by molar-refractivity contribution is 5.81. The van der Waals surface area contributed by atoms with Crippen molar-refractivity contribution in [2.45, 2.75) is 32.2 Å². The van der Waals surface area contributed by atoms with Crippen LogP contribution in [0.2, 0.25) is 0 Å². The number of anilines is 1. The first-order valence-electron chi connectivity index (χ1n) is 11.2. The Balaban J connectivity index is 1.65. The van der Waals surface area contributed by atoms with E-state index in [4.69, 9.17) is 10.1 Å². The summed E-state index contributed by atoms with van der Waals surface area (Å²) in [6, 6.07) is 14.4. The van der Waals surface area contributed by atoms with E-state index in [1.165, 1.54) is 12.1 Å². The number of hydrogen-bond donors (Lipinski definition) is 1. The second kappa shape index (κ2) is 8.31. The van der Waals surface area contributed by atoms with Crippen LogP contribution < -0.4 is 10.2 Å². The zero-order valence-corrected chi connectivity index (χ0v) is 18.4. The predicted molar refractivity (Wildman–Crippen MR) is 125 cm³/mol. The monoisotopic (exact) mass is 430 g/mol. The predicted octanol–water partition coefficient (Wildman–Crippen LogP) is 4.57. The van der Waals surface area contributed by atoms with Gasteiger partial charge in [0.25, 0.3) is 0 Å². The van der Waals surface area contributed by atoms with E-state index in [9.17, 15) is 4.39 Å². The van der Waals surface area contributed by atoms with E-state index in [1.54, 1.807) is 24.5 Å². The Hall–Kier alpha value is -3.32. The van der Waals surface area contributed by atoms with Crippen molar-refractivity contribution >= 4 is 11.5 Å². The van der Waals surface area contributed by atoms with E-state index >= 15 is 0 Å². The summed E-state index contributed by atoms with van der Waals surface area (Å²) in [6.07, 6.45) is 5.68. The van der Waals surface area contributed by atoms with E-state index < -0.39 is 0 Å². The minimum absolute atomic E-state index is 0.108. The second-order valence-corrected chi connectivity index (χ2v) is 8.35. The van der Waals surface area contributed by atoms with E-state index in [1.807, 2.05) is 22.7 Å². The van der Waals surface area contributed by atoms with E-state index in [-0.39, 0.29) is 11.4 Å². The number of nitrogens with one attached hydrogen (secondary N) is 1. The zero-order chi connectivity index (χ0) is 22.1. The number of rotatable bonds is 5. The van der Waals surface area contributed by atoms with Gasteiger partial charge in [-0.3, -0.25) is 4.98 Å². The van der Waals surface area contributed by atoms with Crippen molar-refractivity contribution in [2.75, 3.05) is 24.5 Å². The van der Waals surface area contributed by atoms with Crippen LogP contribution in [0.4, 0.5) is 10.2 Å². The average molecular weight is 431 g/mol. The molecule has 0 radical (unpaired) electrons. The van der Waals surface area contributed by atoms with Crippen molar-refractivity contribution in [2.24, 2.45) is 0 Å². The highest BCUT2D eigenvalue weighted by Crippen LogP contribution is 2.33. The summed E-state index contributed by atoms with van der Waals surface area (Å²) in [5.41, 5.74) is 4.33. The Labute approximate surface area is 187 Å². The molecule has 1 saturated heterocycles. The minimum atomic E-state index is -0.266. The summed E-state index contributed by atoms with van der Waals surface area (Å²) >= 11 is 0. The van der Waals surface area contributed by atoms with Gasteiger partial charge >= 0.3 is 0 Å². The molecule has 0 atom stereocenters. The van der Waals surface area contributed by atoms with Crippen molar-refractivity contribution in [1.82, 2.24) is 24.9 Å². The molecule has 0 amide bonds. The van der Waals surface area contributed by atoms with Crippen LogP contribution in [0, 0.1) is 5.82 Å². The molecule has 0 saturated carbocycles. The number of fused-ring (bicyclic) bond motifs is 1. The first kappa shape index (κ1) is 20.6. The van der Waals surface area contributed by atoms with Crippen molar-refractivity contribution < 1.29 is 4.39 Å². The second-order valence-electron chi connectivity index (χ2n) is 8.35. The van der Waals surface area contributed by atoms with Gasteiger partial charge in [0.05, 0.1) is 5.69 Å². The maximum absolute atomic E-state index is 13.6. The van der Waals surface area contributed by atoms with Crippen LogP contribution in [0.1, 0.15) is 26.7 Å². The van der Waals surface area contributed by atoms with Crippen molar-refractivity contribution in [3.05, 3.63) is 66.7 Å². The van der Waals surface area contributed by atoms with E-state index in [2.05, 4.69) is 35.1 Å². The maximum Gasteiger partial charge on any atom is 0.155 e. The van der Waals surface area contributed by atoms with Crippen LogP contribution in [-0.4, -0.2) is 44.8 Å². The van der Waals surface area contributed by atoms with Crippen LogP contribution in [0.5, 0.6) is 0 Å². The number of aromatic nitrogens is 4. The molecule has 0 unspecified atom stereocenters. The Bertz CT molecular complexity index is 1210. The lowest BCUT2D eigenvalue weighted by Crippen LogP contribution is -2.60. The fourth-order valence-corrected chi connectivity index (χ4v) is 4.55. The summed E-state index contributed by atoms with van der Waals surface area (Å²) < 4.78 is 15.5. The first-order valence-corrected chi connectivity index (χ1v) is 11.2. The van der Waals surface area contributed by atoms with Gasteiger partial charge in [-0.15, -0.1) is 5.10 Å². The van der Waals surface area contributed by atoms with Crippen LogP contribution in [0.15, 0.2) is 60.9 Å². The number of imidazole rings is 1. The van der Waals surface area contributed by atoms with Gasteiger partial charge < -0.3 is 10.2 Å². The third kappa shape index (κ3) is 3.62. The molecular weight excluding hydrogens is 403 g/mol. The van der Waals surface area contributed by atoms with Gasteiger partial charge in [0.1, 0.15) is 17.3 Å². The smallest absolute Gasteiger partial charge is 0.155 e. The third-order valence-electron chi connectivity index (χ3n) is 6.59. The molecule has 32 heavy (non-hydrogen) atoms. The van der Waals surface area contributed by atoms with Crippen LogP contribution >= 0.6 is 0 Å². The van der Waals surface area contributed by atoms with Crippen LogP contribution in [-0.2, 0) is 0 Å². The number of halogens is 1. The molecular formula is C25H27FN6. The van der Waals surface area contributed by atoms with E-state index in [0.717, 1.165) is 66.5 Å². The number of piperazine rings is 1. The molecule has 1 aliphatic heterocycles. The van der Waals surface area contributed by atoms with Crippen LogP contribution in [0.25, 0.3) is 28.2 Å². The van der Waals surface area contributed by atoms with Crippen LogP contribution in [0.3, 0.4) is 0 Å². The third-order valence-corrected chi connectivity index (χ3v) is 6.59. The quantitative estimate of drug-likeness (QED) is 0.503. The molecule has 0 aliphatic carbocycles. The normalized spacial score (nSPS) is 15.9. The summed E-state index contributed by atoms with van der Waals surface area (Å²) in [5, 5.41) is 8.74. The van der Waals surface area contributed by atoms with Gasteiger partial charge in [-0.05, 0) is 61.4 Å². The van der Waals surface area contributed by atoms with Gasteiger partial charge in [-0.2, -0.15) is 0 Å². The van der Waals surface area contributed by atoms with Crippen molar-refractivity contribution in [3.63, 3.8) is 0 Å². The standard InChI is InChI=1S/C25H27FN6/c1-3-25(4-2)17-31(16-15-28-25)22-10-9-21-29-23(18-5-7-20(26)8-6-18)24(32(21)30-22)19-11-13-27-14-12-19/h5-14,28H,3-4,15-17H2,1-2H3. The van der Waals surface area contributed by atoms with Gasteiger partial charge in [0.2, 0.25) is 0 Å². The highest BCUT2D eigenvalue weighted by Gasteiger charge is 2.32. The SMILES string of the molecule is CCC1(CC)CN(c2ccc3nc(-c4ccc(F)cc4)c(-c4ccncc4)n3n2)CCN1. The Morgan fingerprint density at radius 3 is 2.44 bits per heavy atom. The van der Waals surface area contributed by atoms with Gasteiger partial charge in [0, 0.05) is 48.7 Å². The summed E-state index contributed by atoms with van der Waals surface area (Å²) in [6.45, 7) is 7.24. The molecule has 1 N–H and O–H groups in total. The van der Waals surface area contributed by atoms with E-state index in [0.29, 0.717) is 0 Å². The summed E-state index contributed by atoms with van der Waals surface area (Å²) in [4.78, 5) is 11.4. The summed E-state index contributed by atoms with van der Waals surface area (Å²) in [7, 11) is 0. The molecule has 0 bridgehead atoms. The molecule has 4 aromatic rings. The molecule has 5 rings (SSSR count). The average Bonchev–Trinajstić information content (AvgIpc) is 3.23. The van der Waals surface area contributed by atoms with Gasteiger partial charge in [-0.1, -0.05) is 13.8 Å². The number of benzene rings is 1. The Morgan fingerprint density at radius 2 is 1.72 bits per heavy atom. The lowest BCUT2D eigenvalue weighted by Gasteiger charge is -2.43. The molecule has 7 heteroatoms. The Morgan fingerprint density at radius 1 is 0.969 bits per heavy atom. The summed E-state index contributed by atoms with van der Waals surface area (Å²) in [5.74, 6) is 0.668. The fraction of sp³-hybridized carbons (Fsp3) is 0.320. The molecule has 0 spiro atoms. The molecule has 6 nitrogen and oxygen atoms in total. The lowest BCUT2D eigenvalue weighted by molar-refractivity contribution is 0.276. The van der Waals surface area contributed by atoms with Gasteiger partial charge in [0.15, 0.2) is 5.65 Å². The minimum Gasteiger partial charge on any atom is -0.352 e. The van der Waals surface area contributed by atoms with Crippen molar-refractivity contribution in [3.8, 4) is 22.5 Å². The number of hydrogen-bond acceptors (Lipinski definition) is 5. The largest absolute Gasteiger partial charge is 0.352 e. The molecule has 1 fully saturated rings. The number of nitrogens with zero attached hydrogens (tertiary/aromatic N) is 5. The molecule has 1 aliphatic rings. The lowest BCUT2D eigenvalue weighted by atomic mass is 9.90. The Kier molecular flexibility index (Phi) is 5.35. The van der Waals surface area contributed by atoms with Gasteiger partial charge in [-0.25, -0.2) is 13.9 Å². The molecule has 1 aromatic carbocycles. The van der Waals surface area contributed by atoms with Crippen molar-refractivity contribution in [1.29, 1.82) is 0 Å². The molecule has 3 aromatic heterocycles. The first-order chi connectivity index (χ1) is 15.6.